The Hall–Kier alpha value is -0.870. The molecule has 0 aliphatic heterocycles. The Balaban J connectivity index is 3.31. The SMILES string of the molecule is CCCC=CCC(O)CCC(O)CCCCCCCCCCCCC(=O)O. The summed E-state index contributed by atoms with van der Waals surface area (Å²) in [4.78, 5) is 10.4. The molecule has 3 N–H and O–H groups in total. The van der Waals surface area contributed by atoms with Crippen LogP contribution in [0, 0.1) is 0 Å². The highest BCUT2D eigenvalue weighted by Gasteiger charge is 2.08. The highest BCUT2D eigenvalue weighted by Crippen LogP contribution is 2.15. The van der Waals surface area contributed by atoms with E-state index in [1.807, 2.05) is 0 Å². The van der Waals surface area contributed by atoms with E-state index in [1.54, 1.807) is 0 Å². The minimum Gasteiger partial charge on any atom is -0.481 e. The molecule has 0 bridgehead atoms. The van der Waals surface area contributed by atoms with Gasteiger partial charge in [0.25, 0.3) is 0 Å². The zero-order chi connectivity index (χ0) is 20.2. The standard InChI is InChI=1S/C23H44O4/c1-2-3-4-13-16-21(24)19-20-22(25)17-14-11-9-7-5-6-8-10-12-15-18-23(26)27/h4,13,21-22,24-25H,2-3,5-12,14-20H2,1H3,(H,26,27). The maximum Gasteiger partial charge on any atom is 0.303 e. The quantitative estimate of drug-likeness (QED) is 0.178. The molecule has 0 saturated heterocycles. The van der Waals surface area contributed by atoms with Crippen molar-refractivity contribution in [3.63, 3.8) is 0 Å². The van der Waals surface area contributed by atoms with Crippen LogP contribution in [0.3, 0.4) is 0 Å². The van der Waals surface area contributed by atoms with Gasteiger partial charge < -0.3 is 15.3 Å². The highest BCUT2D eigenvalue weighted by molar-refractivity contribution is 5.66. The van der Waals surface area contributed by atoms with Gasteiger partial charge in [-0.2, -0.15) is 0 Å². The van der Waals surface area contributed by atoms with Gasteiger partial charge in [0.05, 0.1) is 12.2 Å². The summed E-state index contributed by atoms with van der Waals surface area (Å²) in [6, 6.07) is 0. The largest absolute Gasteiger partial charge is 0.481 e. The lowest BCUT2D eigenvalue weighted by molar-refractivity contribution is -0.137. The topological polar surface area (TPSA) is 77.8 Å². The second-order valence-electron chi connectivity index (χ2n) is 7.85. The maximum absolute atomic E-state index is 10.4. The molecule has 0 aromatic carbocycles. The first-order valence-electron chi connectivity index (χ1n) is 11.3. The van der Waals surface area contributed by atoms with E-state index >= 15 is 0 Å². The Labute approximate surface area is 167 Å². The van der Waals surface area contributed by atoms with Crippen molar-refractivity contribution in [3.05, 3.63) is 12.2 Å². The van der Waals surface area contributed by atoms with Crippen LogP contribution in [-0.2, 0) is 4.79 Å². The number of unbranched alkanes of at least 4 members (excludes halogenated alkanes) is 10. The number of carboxylic acids is 1. The van der Waals surface area contributed by atoms with Crippen LogP contribution in [0.4, 0.5) is 0 Å². The smallest absolute Gasteiger partial charge is 0.303 e. The molecular formula is C23H44O4. The first-order valence-corrected chi connectivity index (χ1v) is 11.3. The zero-order valence-electron chi connectivity index (χ0n) is 17.6. The average molecular weight is 385 g/mol. The summed E-state index contributed by atoms with van der Waals surface area (Å²) in [7, 11) is 0. The van der Waals surface area contributed by atoms with Crippen molar-refractivity contribution in [1.82, 2.24) is 0 Å². The van der Waals surface area contributed by atoms with Crippen molar-refractivity contribution in [2.45, 2.75) is 128 Å². The molecule has 0 radical (unpaired) electrons. The van der Waals surface area contributed by atoms with Crippen LogP contribution in [0.1, 0.15) is 116 Å². The van der Waals surface area contributed by atoms with Crippen molar-refractivity contribution in [2.75, 3.05) is 0 Å². The predicted molar refractivity (Wildman–Crippen MR) is 113 cm³/mol. The number of hydrogen-bond donors (Lipinski definition) is 3. The molecule has 0 aliphatic carbocycles. The summed E-state index contributed by atoms with van der Waals surface area (Å²) in [6.07, 6.45) is 20.5. The Morgan fingerprint density at radius 3 is 1.81 bits per heavy atom. The summed E-state index contributed by atoms with van der Waals surface area (Å²) in [6.45, 7) is 2.14. The summed E-state index contributed by atoms with van der Waals surface area (Å²) >= 11 is 0. The molecule has 0 heterocycles. The van der Waals surface area contributed by atoms with Crippen LogP contribution in [0.25, 0.3) is 0 Å². The van der Waals surface area contributed by atoms with E-state index < -0.39 is 5.97 Å². The lowest BCUT2D eigenvalue weighted by atomic mass is 10.0. The van der Waals surface area contributed by atoms with E-state index in [0.717, 1.165) is 44.9 Å². The highest BCUT2D eigenvalue weighted by atomic mass is 16.4. The van der Waals surface area contributed by atoms with Gasteiger partial charge in [0.15, 0.2) is 0 Å². The molecule has 0 rings (SSSR count). The van der Waals surface area contributed by atoms with E-state index in [2.05, 4.69) is 19.1 Å². The Bertz CT molecular complexity index is 354. The number of aliphatic hydroxyl groups excluding tert-OH is 2. The molecule has 4 heteroatoms. The summed E-state index contributed by atoms with van der Waals surface area (Å²) in [5, 5.41) is 28.5. The molecule has 2 atom stereocenters. The van der Waals surface area contributed by atoms with Crippen molar-refractivity contribution >= 4 is 5.97 Å². The first kappa shape index (κ1) is 26.1. The van der Waals surface area contributed by atoms with Gasteiger partial charge in [-0.3, -0.25) is 4.79 Å². The molecule has 0 amide bonds. The molecule has 0 spiro atoms. The molecule has 0 fully saturated rings. The minimum atomic E-state index is -0.684. The summed E-state index contributed by atoms with van der Waals surface area (Å²) in [5.41, 5.74) is 0. The minimum absolute atomic E-state index is 0.273. The van der Waals surface area contributed by atoms with Crippen LogP contribution in [-0.4, -0.2) is 33.5 Å². The summed E-state index contributed by atoms with van der Waals surface area (Å²) in [5.74, 6) is -0.684. The second-order valence-corrected chi connectivity index (χ2v) is 7.85. The predicted octanol–water partition coefficient (Wildman–Crippen LogP) is 6.00. The molecule has 160 valence electrons. The Morgan fingerprint density at radius 2 is 1.26 bits per heavy atom. The number of carbonyl (C=O) groups is 1. The number of hydrogen-bond acceptors (Lipinski definition) is 3. The Morgan fingerprint density at radius 1 is 0.741 bits per heavy atom. The van der Waals surface area contributed by atoms with Gasteiger partial charge in [-0.25, -0.2) is 0 Å². The fourth-order valence-electron chi connectivity index (χ4n) is 3.26. The van der Waals surface area contributed by atoms with E-state index in [1.165, 1.54) is 38.5 Å². The van der Waals surface area contributed by atoms with E-state index in [0.29, 0.717) is 25.7 Å². The van der Waals surface area contributed by atoms with Gasteiger partial charge in [0, 0.05) is 6.42 Å². The third kappa shape index (κ3) is 21.3. The number of rotatable bonds is 20. The second kappa shape index (κ2) is 19.9. The molecule has 0 aliphatic rings. The van der Waals surface area contributed by atoms with Crippen LogP contribution >= 0.6 is 0 Å². The van der Waals surface area contributed by atoms with Gasteiger partial charge in [0.1, 0.15) is 0 Å². The lowest BCUT2D eigenvalue weighted by Crippen LogP contribution is -2.12. The van der Waals surface area contributed by atoms with Crippen LogP contribution in [0.15, 0.2) is 12.2 Å². The average Bonchev–Trinajstić information content (AvgIpc) is 2.64. The fraction of sp³-hybridized carbons (Fsp3) is 0.870. The fourth-order valence-corrected chi connectivity index (χ4v) is 3.26. The van der Waals surface area contributed by atoms with Gasteiger partial charge >= 0.3 is 5.97 Å². The third-order valence-electron chi connectivity index (χ3n) is 5.04. The lowest BCUT2D eigenvalue weighted by Gasteiger charge is -2.13. The van der Waals surface area contributed by atoms with Gasteiger partial charge in [-0.05, 0) is 38.5 Å². The molecule has 27 heavy (non-hydrogen) atoms. The first-order chi connectivity index (χ1) is 13.1. The van der Waals surface area contributed by atoms with E-state index in [-0.39, 0.29) is 12.2 Å². The Kier molecular flexibility index (Phi) is 19.2. The van der Waals surface area contributed by atoms with Gasteiger partial charge in [0.2, 0.25) is 0 Å². The van der Waals surface area contributed by atoms with Crippen molar-refractivity contribution in [3.8, 4) is 0 Å². The molecule has 4 nitrogen and oxygen atoms in total. The number of aliphatic hydroxyl groups is 2. The molecule has 0 aromatic heterocycles. The van der Waals surface area contributed by atoms with Crippen LogP contribution in [0.5, 0.6) is 0 Å². The monoisotopic (exact) mass is 384 g/mol. The van der Waals surface area contributed by atoms with E-state index in [4.69, 9.17) is 5.11 Å². The van der Waals surface area contributed by atoms with Crippen molar-refractivity contribution in [2.24, 2.45) is 0 Å². The van der Waals surface area contributed by atoms with Crippen LogP contribution < -0.4 is 0 Å². The summed E-state index contributed by atoms with van der Waals surface area (Å²) < 4.78 is 0. The van der Waals surface area contributed by atoms with Crippen LogP contribution in [0.2, 0.25) is 0 Å². The molecular weight excluding hydrogens is 340 g/mol. The normalized spacial score (nSPS) is 13.9. The number of carboxylic acid groups (broad SMARTS) is 1. The van der Waals surface area contributed by atoms with E-state index in [9.17, 15) is 15.0 Å². The zero-order valence-corrected chi connectivity index (χ0v) is 17.6. The number of aliphatic carboxylic acids is 1. The molecule has 2 unspecified atom stereocenters. The van der Waals surface area contributed by atoms with Crippen molar-refractivity contribution in [1.29, 1.82) is 0 Å². The molecule has 0 saturated carbocycles. The maximum atomic E-state index is 10.4. The molecule has 0 aromatic rings. The number of allylic oxidation sites excluding steroid dienone is 1. The van der Waals surface area contributed by atoms with Gasteiger partial charge in [-0.1, -0.05) is 83.3 Å². The third-order valence-corrected chi connectivity index (χ3v) is 5.04. The van der Waals surface area contributed by atoms with Crippen molar-refractivity contribution < 1.29 is 20.1 Å². The van der Waals surface area contributed by atoms with Gasteiger partial charge in [-0.15, -0.1) is 0 Å².